The summed E-state index contributed by atoms with van der Waals surface area (Å²) in [4.78, 5) is 15.8. The number of aromatic nitrogens is 1. The molecule has 0 amide bonds. The Morgan fingerprint density at radius 2 is 2.11 bits per heavy atom. The lowest BCUT2D eigenvalue weighted by Gasteiger charge is -2.01. The molecule has 0 bridgehead atoms. The predicted molar refractivity (Wildman–Crippen MR) is 79.4 cm³/mol. The van der Waals surface area contributed by atoms with Crippen molar-refractivity contribution in [3.63, 3.8) is 0 Å². The Morgan fingerprint density at radius 1 is 1.32 bits per heavy atom. The summed E-state index contributed by atoms with van der Waals surface area (Å²) < 4.78 is 1.21. The number of carboxylic acids is 1. The van der Waals surface area contributed by atoms with Crippen LogP contribution < -0.4 is 0 Å². The van der Waals surface area contributed by atoms with Crippen LogP contribution in [0, 0.1) is 13.8 Å². The maximum Gasteiger partial charge on any atom is 0.347 e. The minimum absolute atomic E-state index is 0.318. The lowest BCUT2D eigenvalue weighted by molar-refractivity contribution is 0.0701. The predicted octanol–water partition coefficient (Wildman–Crippen LogP) is 4.34. The molecule has 0 atom stereocenters. The van der Waals surface area contributed by atoms with Crippen LogP contribution in [-0.2, 0) is 0 Å². The number of hydrogen-bond acceptors (Lipinski definition) is 4. The lowest BCUT2D eigenvalue weighted by Crippen LogP contribution is -1.94. The van der Waals surface area contributed by atoms with Gasteiger partial charge in [-0.1, -0.05) is 0 Å². The summed E-state index contributed by atoms with van der Waals surface area (Å²) in [7, 11) is 0. The molecule has 0 radical (unpaired) electrons. The number of rotatable bonds is 2. The van der Waals surface area contributed by atoms with E-state index in [1.807, 2.05) is 0 Å². The molecule has 2 heterocycles. The summed E-state index contributed by atoms with van der Waals surface area (Å²) >= 11 is 2.92. The first-order valence-electron chi connectivity index (χ1n) is 5.75. The van der Waals surface area contributed by atoms with Crippen molar-refractivity contribution < 1.29 is 9.90 Å². The van der Waals surface area contributed by atoms with Crippen LogP contribution in [0.3, 0.4) is 0 Å². The molecule has 2 aromatic heterocycles. The van der Waals surface area contributed by atoms with Crippen molar-refractivity contribution in [3.05, 3.63) is 39.7 Å². The fourth-order valence-electron chi connectivity index (χ4n) is 2.09. The van der Waals surface area contributed by atoms with E-state index in [4.69, 9.17) is 5.11 Å². The van der Waals surface area contributed by atoms with Crippen LogP contribution in [0.25, 0.3) is 20.7 Å². The fourth-order valence-corrected chi connectivity index (χ4v) is 3.89. The van der Waals surface area contributed by atoms with Crippen molar-refractivity contribution in [3.8, 4) is 10.6 Å². The van der Waals surface area contributed by atoms with Crippen molar-refractivity contribution in [2.45, 2.75) is 13.8 Å². The quantitative estimate of drug-likeness (QED) is 0.763. The second kappa shape index (κ2) is 4.43. The van der Waals surface area contributed by atoms with Gasteiger partial charge in [0.15, 0.2) is 0 Å². The number of thiophene rings is 1. The third-order valence-corrected chi connectivity index (χ3v) is 5.07. The molecule has 19 heavy (non-hydrogen) atoms. The fraction of sp³-hybridized carbons (Fsp3) is 0.143. The Balaban J connectivity index is 2.18. The average molecular weight is 289 g/mol. The highest BCUT2D eigenvalue weighted by molar-refractivity contribution is 7.18. The number of nitrogens with zero attached hydrogens (tertiary/aromatic N) is 1. The third kappa shape index (κ3) is 2.05. The molecule has 0 saturated carbocycles. The van der Waals surface area contributed by atoms with Gasteiger partial charge < -0.3 is 5.11 Å². The second-order valence-corrected chi connectivity index (χ2v) is 6.31. The summed E-state index contributed by atoms with van der Waals surface area (Å²) in [5.74, 6) is -0.907. The summed E-state index contributed by atoms with van der Waals surface area (Å²) in [6, 6.07) is 6.25. The molecule has 3 nitrogen and oxygen atoms in total. The van der Waals surface area contributed by atoms with E-state index in [2.05, 4.69) is 35.5 Å². The molecule has 0 aliphatic rings. The average Bonchev–Trinajstić information content (AvgIpc) is 2.94. The van der Waals surface area contributed by atoms with Crippen molar-refractivity contribution in [2.24, 2.45) is 0 Å². The standard InChI is InChI=1S/C14H11NO2S2/c1-7-5-9(6-11-10(7)3-4-18-11)13-15-8(2)12(19-13)14(16)17/h3-6H,1-2H3,(H,16,17). The van der Waals surface area contributed by atoms with E-state index in [0.29, 0.717) is 10.6 Å². The Kier molecular flexibility index (Phi) is 2.88. The molecule has 3 rings (SSSR count). The molecular formula is C14H11NO2S2. The van der Waals surface area contributed by atoms with Gasteiger partial charge in [0.25, 0.3) is 0 Å². The van der Waals surface area contributed by atoms with E-state index in [1.165, 1.54) is 27.0 Å². The summed E-state index contributed by atoms with van der Waals surface area (Å²) in [6.45, 7) is 3.80. The van der Waals surface area contributed by atoms with Gasteiger partial charge in [-0.3, -0.25) is 0 Å². The van der Waals surface area contributed by atoms with Gasteiger partial charge in [0.05, 0.1) is 5.69 Å². The molecule has 1 aromatic carbocycles. The highest BCUT2D eigenvalue weighted by Gasteiger charge is 2.15. The van der Waals surface area contributed by atoms with E-state index in [0.717, 1.165) is 10.6 Å². The molecule has 0 fully saturated rings. The molecule has 96 valence electrons. The van der Waals surface area contributed by atoms with Gasteiger partial charge in [-0.2, -0.15) is 0 Å². The molecule has 3 aromatic rings. The minimum atomic E-state index is -0.907. The second-order valence-electron chi connectivity index (χ2n) is 4.36. The number of hydrogen-bond donors (Lipinski definition) is 1. The van der Waals surface area contributed by atoms with Crippen LogP contribution in [0.1, 0.15) is 20.9 Å². The minimum Gasteiger partial charge on any atom is -0.477 e. The van der Waals surface area contributed by atoms with Gasteiger partial charge in [-0.15, -0.1) is 22.7 Å². The molecule has 0 aliphatic carbocycles. The normalized spacial score (nSPS) is 11.1. The van der Waals surface area contributed by atoms with Crippen LogP contribution >= 0.6 is 22.7 Å². The zero-order chi connectivity index (χ0) is 13.6. The molecular weight excluding hydrogens is 278 g/mol. The van der Waals surface area contributed by atoms with Gasteiger partial charge in [-0.25, -0.2) is 9.78 Å². The van der Waals surface area contributed by atoms with Gasteiger partial charge >= 0.3 is 5.97 Å². The Labute approximate surface area is 118 Å². The van der Waals surface area contributed by atoms with Crippen LogP contribution in [-0.4, -0.2) is 16.1 Å². The number of aryl methyl sites for hydroxylation is 2. The first-order chi connectivity index (χ1) is 9.06. The SMILES string of the molecule is Cc1nc(-c2cc(C)c3ccsc3c2)sc1C(=O)O. The largest absolute Gasteiger partial charge is 0.477 e. The van der Waals surface area contributed by atoms with E-state index in [1.54, 1.807) is 18.3 Å². The van der Waals surface area contributed by atoms with E-state index >= 15 is 0 Å². The molecule has 0 saturated heterocycles. The summed E-state index contributed by atoms with van der Waals surface area (Å²) in [5.41, 5.74) is 2.77. The number of fused-ring (bicyclic) bond motifs is 1. The number of aromatic carboxylic acids is 1. The van der Waals surface area contributed by atoms with Crippen molar-refractivity contribution in [1.29, 1.82) is 0 Å². The highest BCUT2D eigenvalue weighted by atomic mass is 32.1. The highest BCUT2D eigenvalue weighted by Crippen LogP contribution is 2.33. The maximum absolute atomic E-state index is 11.1. The number of benzene rings is 1. The van der Waals surface area contributed by atoms with Crippen molar-refractivity contribution in [2.75, 3.05) is 0 Å². The van der Waals surface area contributed by atoms with Crippen molar-refractivity contribution >= 4 is 38.7 Å². The lowest BCUT2D eigenvalue weighted by atomic mass is 10.1. The third-order valence-electron chi connectivity index (χ3n) is 3.02. The van der Waals surface area contributed by atoms with Gasteiger partial charge in [-0.05, 0) is 48.4 Å². The topological polar surface area (TPSA) is 50.2 Å². The molecule has 1 N–H and O–H groups in total. The molecule has 0 unspecified atom stereocenters. The first-order valence-corrected chi connectivity index (χ1v) is 7.45. The van der Waals surface area contributed by atoms with Crippen LogP contribution in [0.2, 0.25) is 0 Å². The van der Waals surface area contributed by atoms with Gasteiger partial charge in [0, 0.05) is 10.3 Å². The van der Waals surface area contributed by atoms with Gasteiger partial charge in [0.2, 0.25) is 0 Å². The number of carbonyl (C=O) groups is 1. The van der Waals surface area contributed by atoms with Crippen LogP contribution in [0.4, 0.5) is 0 Å². The maximum atomic E-state index is 11.1. The monoisotopic (exact) mass is 289 g/mol. The molecule has 5 heteroatoms. The Morgan fingerprint density at radius 3 is 2.79 bits per heavy atom. The summed E-state index contributed by atoms with van der Waals surface area (Å²) in [5, 5.41) is 13.2. The number of thiazole rings is 1. The first kappa shape index (κ1) is 12.3. The van der Waals surface area contributed by atoms with E-state index in [9.17, 15) is 4.79 Å². The smallest absolute Gasteiger partial charge is 0.347 e. The van der Waals surface area contributed by atoms with Crippen molar-refractivity contribution in [1.82, 2.24) is 4.98 Å². The van der Waals surface area contributed by atoms with E-state index < -0.39 is 5.97 Å². The van der Waals surface area contributed by atoms with Gasteiger partial charge in [0.1, 0.15) is 9.88 Å². The Bertz CT molecular complexity index is 786. The Hall–Kier alpha value is -1.72. The van der Waals surface area contributed by atoms with E-state index in [-0.39, 0.29) is 0 Å². The molecule has 0 aliphatic heterocycles. The summed E-state index contributed by atoms with van der Waals surface area (Å²) in [6.07, 6.45) is 0. The van der Waals surface area contributed by atoms with Crippen LogP contribution in [0.5, 0.6) is 0 Å². The van der Waals surface area contributed by atoms with Crippen LogP contribution in [0.15, 0.2) is 23.6 Å². The number of carboxylic acid groups (broad SMARTS) is 1. The zero-order valence-electron chi connectivity index (χ0n) is 10.4. The zero-order valence-corrected chi connectivity index (χ0v) is 12.1. The molecule has 0 spiro atoms.